The number of nitrogens with zero attached hydrogens (tertiary/aromatic N) is 1. The van der Waals surface area contributed by atoms with Crippen molar-refractivity contribution in [2.75, 3.05) is 18.5 Å². The molecule has 0 spiro atoms. The lowest BCUT2D eigenvalue weighted by Gasteiger charge is -2.25. The monoisotopic (exact) mass is 358 g/mol. The highest BCUT2D eigenvalue weighted by molar-refractivity contribution is 9.10. The van der Waals surface area contributed by atoms with Crippen molar-refractivity contribution in [1.82, 2.24) is 0 Å². The SMILES string of the molecule is CCOc1c(Br)cc(Cl)cc1NCC(C)(C)CCC#N. The summed E-state index contributed by atoms with van der Waals surface area (Å²) in [6.07, 6.45) is 1.41. The molecule has 0 saturated heterocycles. The van der Waals surface area contributed by atoms with Crippen molar-refractivity contribution in [3.63, 3.8) is 0 Å². The van der Waals surface area contributed by atoms with Crippen molar-refractivity contribution in [3.8, 4) is 11.8 Å². The second-order valence-corrected chi connectivity index (χ2v) is 6.66. The fraction of sp³-hybridized carbons (Fsp3) is 0.533. The summed E-state index contributed by atoms with van der Waals surface area (Å²) in [5.74, 6) is 0.771. The average molecular weight is 360 g/mol. The molecule has 5 heteroatoms. The summed E-state index contributed by atoms with van der Waals surface area (Å²) in [5, 5.41) is 12.7. The van der Waals surface area contributed by atoms with Crippen LogP contribution in [0, 0.1) is 16.7 Å². The number of benzene rings is 1. The molecule has 1 rings (SSSR count). The van der Waals surface area contributed by atoms with Crippen LogP contribution in [0.5, 0.6) is 5.75 Å². The minimum Gasteiger partial charge on any atom is -0.491 e. The zero-order chi connectivity index (χ0) is 15.2. The summed E-state index contributed by atoms with van der Waals surface area (Å²) in [6, 6.07) is 5.87. The summed E-state index contributed by atoms with van der Waals surface area (Å²) in [5.41, 5.74) is 0.907. The van der Waals surface area contributed by atoms with Gasteiger partial charge in [-0.05, 0) is 46.8 Å². The predicted octanol–water partition coefficient (Wildman–Crippen LogP) is 5.24. The maximum absolute atomic E-state index is 8.69. The lowest BCUT2D eigenvalue weighted by molar-refractivity contribution is 0.337. The predicted molar refractivity (Wildman–Crippen MR) is 87.4 cm³/mol. The minimum absolute atomic E-state index is 0.0357. The molecule has 0 amide bonds. The Morgan fingerprint density at radius 2 is 2.15 bits per heavy atom. The van der Waals surface area contributed by atoms with E-state index in [2.05, 4.69) is 41.2 Å². The third-order valence-electron chi connectivity index (χ3n) is 2.97. The van der Waals surface area contributed by atoms with E-state index in [1.807, 2.05) is 19.1 Å². The molecule has 3 nitrogen and oxygen atoms in total. The highest BCUT2D eigenvalue weighted by Crippen LogP contribution is 2.37. The lowest BCUT2D eigenvalue weighted by atomic mass is 9.88. The van der Waals surface area contributed by atoms with Gasteiger partial charge in [-0.1, -0.05) is 25.4 Å². The van der Waals surface area contributed by atoms with E-state index in [0.717, 1.165) is 28.9 Å². The highest BCUT2D eigenvalue weighted by Gasteiger charge is 2.19. The normalized spacial score (nSPS) is 11.0. The molecule has 0 aliphatic rings. The van der Waals surface area contributed by atoms with E-state index in [1.165, 1.54) is 0 Å². The number of rotatable bonds is 7. The molecule has 0 aliphatic heterocycles. The smallest absolute Gasteiger partial charge is 0.156 e. The first-order valence-electron chi connectivity index (χ1n) is 6.62. The van der Waals surface area contributed by atoms with Gasteiger partial charge in [0.25, 0.3) is 0 Å². The molecular weight excluding hydrogens is 340 g/mol. The van der Waals surface area contributed by atoms with Crippen molar-refractivity contribution in [2.24, 2.45) is 5.41 Å². The molecule has 110 valence electrons. The van der Waals surface area contributed by atoms with E-state index in [4.69, 9.17) is 21.6 Å². The maximum atomic E-state index is 8.69. The van der Waals surface area contributed by atoms with Gasteiger partial charge in [0, 0.05) is 18.0 Å². The van der Waals surface area contributed by atoms with Gasteiger partial charge in [-0.15, -0.1) is 0 Å². The minimum atomic E-state index is 0.0357. The molecule has 1 aromatic rings. The van der Waals surface area contributed by atoms with Crippen LogP contribution in [0.3, 0.4) is 0 Å². The molecule has 1 aromatic carbocycles. The fourth-order valence-electron chi connectivity index (χ4n) is 1.80. The van der Waals surface area contributed by atoms with Gasteiger partial charge in [0.1, 0.15) is 0 Å². The molecule has 0 atom stereocenters. The van der Waals surface area contributed by atoms with E-state index in [-0.39, 0.29) is 5.41 Å². The van der Waals surface area contributed by atoms with Crippen molar-refractivity contribution >= 4 is 33.2 Å². The standard InChI is InChI=1S/C15H20BrClN2O/c1-4-20-14-12(16)8-11(17)9-13(14)19-10-15(2,3)6-5-7-18/h8-9,19H,4-6,10H2,1-3H3. The van der Waals surface area contributed by atoms with Crippen LogP contribution in [0.4, 0.5) is 5.69 Å². The van der Waals surface area contributed by atoms with Gasteiger partial charge < -0.3 is 10.1 Å². The first-order valence-corrected chi connectivity index (χ1v) is 7.79. The van der Waals surface area contributed by atoms with Crippen LogP contribution in [0.15, 0.2) is 16.6 Å². The van der Waals surface area contributed by atoms with Crippen LogP contribution in [0.25, 0.3) is 0 Å². The molecule has 0 heterocycles. The van der Waals surface area contributed by atoms with Gasteiger partial charge in [0.15, 0.2) is 5.75 Å². The Bertz CT molecular complexity index is 497. The van der Waals surface area contributed by atoms with E-state index < -0.39 is 0 Å². The third-order valence-corrected chi connectivity index (χ3v) is 3.78. The highest BCUT2D eigenvalue weighted by atomic mass is 79.9. The second kappa shape index (κ2) is 7.75. The van der Waals surface area contributed by atoms with E-state index in [9.17, 15) is 0 Å². The maximum Gasteiger partial charge on any atom is 0.156 e. The Hall–Kier alpha value is -0.920. The van der Waals surface area contributed by atoms with Crippen LogP contribution in [-0.4, -0.2) is 13.2 Å². The number of halogens is 2. The van der Waals surface area contributed by atoms with Gasteiger partial charge in [-0.3, -0.25) is 0 Å². The number of ether oxygens (including phenoxy) is 1. The topological polar surface area (TPSA) is 45.0 Å². The Morgan fingerprint density at radius 3 is 2.75 bits per heavy atom. The van der Waals surface area contributed by atoms with Crippen molar-refractivity contribution < 1.29 is 4.74 Å². The summed E-state index contributed by atoms with van der Waals surface area (Å²) < 4.78 is 6.49. The second-order valence-electron chi connectivity index (χ2n) is 5.37. The van der Waals surface area contributed by atoms with Gasteiger partial charge in [-0.25, -0.2) is 0 Å². The first-order chi connectivity index (χ1) is 9.39. The zero-order valence-corrected chi connectivity index (χ0v) is 14.4. The summed E-state index contributed by atoms with van der Waals surface area (Å²) >= 11 is 9.56. The van der Waals surface area contributed by atoms with Gasteiger partial charge in [0.05, 0.1) is 22.8 Å². The van der Waals surface area contributed by atoms with Gasteiger partial charge in [-0.2, -0.15) is 5.26 Å². The Kier molecular flexibility index (Phi) is 6.64. The van der Waals surface area contributed by atoms with Crippen molar-refractivity contribution in [1.29, 1.82) is 5.26 Å². The summed E-state index contributed by atoms with van der Waals surface area (Å²) in [6.45, 7) is 7.56. The molecule has 1 N–H and O–H groups in total. The van der Waals surface area contributed by atoms with Gasteiger partial charge >= 0.3 is 0 Å². The van der Waals surface area contributed by atoms with Crippen LogP contribution in [-0.2, 0) is 0 Å². The van der Waals surface area contributed by atoms with Crippen molar-refractivity contribution in [3.05, 3.63) is 21.6 Å². The molecule has 20 heavy (non-hydrogen) atoms. The molecule has 0 aromatic heterocycles. The quantitative estimate of drug-likeness (QED) is 0.723. The summed E-state index contributed by atoms with van der Waals surface area (Å²) in [4.78, 5) is 0. The molecular formula is C15H20BrClN2O. The Balaban J connectivity index is 2.84. The van der Waals surface area contributed by atoms with Crippen molar-refractivity contribution in [2.45, 2.75) is 33.6 Å². The number of hydrogen-bond donors (Lipinski definition) is 1. The van der Waals surface area contributed by atoms with Crippen LogP contribution >= 0.6 is 27.5 Å². The number of hydrogen-bond acceptors (Lipinski definition) is 3. The summed E-state index contributed by atoms with van der Waals surface area (Å²) in [7, 11) is 0. The van der Waals surface area contributed by atoms with Gasteiger partial charge in [0.2, 0.25) is 0 Å². The average Bonchev–Trinajstić information content (AvgIpc) is 2.37. The molecule has 0 radical (unpaired) electrons. The number of anilines is 1. The Labute approximate surface area is 134 Å². The largest absolute Gasteiger partial charge is 0.491 e. The van der Waals surface area contributed by atoms with Crippen LogP contribution in [0.2, 0.25) is 5.02 Å². The van der Waals surface area contributed by atoms with Crippen LogP contribution < -0.4 is 10.1 Å². The number of nitrogens with one attached hydrogen (secondary N) is 1. The lowest BCUT2D eigenvalue weighted by Crippen LogP contribution is -2.23. The van der Waals surface area contributed by atoms with E-state index in [0.29, 0.717) is 18.1 Å². The molecule has 0 saturated carbocycles. The first kappa shape index (κ1) is 17.1. The zero-order valence-electron chi connectivity index (χ0n) is 12.1. The molecule has 0 bridgehead atoms. The fourth-order valence-corrected chi connectivity index (χ4v) is 2.72. The molecule has 0 fully saturated rings. The molecule has 0 unspecified atom stereocenters. The van der Waals surface area contributed by atoms with E-state index in [1.54, 1.807) is 0 Å². The molecule has 0 aliphatic carbocycles. The third kappa shape index (κ3) is 5.22. The number of nitriles is 1. The Morgan fingerprint density at radius 1 is 1.45 bits per heavy atom. The van der Waals surface area contributed by atoms with E-state index >= 15 is 0 Å². The van der Waals surface area contributed by atoms with Crippen LogP contribution in [0.1, 0.15) is 33.6 Å².